The van der Waals surface area contributed by atoms with Crippen LogP contribution in [0.3, 0.4) is 0 Å². The van der Waals surface area contributed by atoms with Gasteiger partial charge in [-0.05, 0) is 33.6 Å². The summed E-state index contributed by atoms with van der Waals surface area (Å²) in [5.74, 6) is 0.657. The largest absolute Gasteiger partial charge is 0.365 e. The van der Waals surface area contributed by atoms with Gasteiger partial charge in [-0.25, -0.2) is 9.97 Å². The number of nitrogens with zero attached hydrogens (tertiary/aromatic N) is 2. The highest BCUT2D eigenvalue weighted by Gasteiger charge is 2.05. The van der Waals surface area contributed by atoms with Gasteiger partial charge in [0, 0.05) is 11.6 Å². The lowest BCUT2D eigenvalue weighted by molar-refractivity contribution is 1.07. The predicted octanol–water partition coefficient (Wildman–Crippen LogP) is 4.16. The van der Waals surface area contributed by atoms with Gasteiger partial charge in [-0.1, -0.05) is 35.3 Å². The first-order valence-electron chi connectivity index (χ1n) is 4.81. The summed E-state index contributed by atoms with van der Waals surface area (Å²) in [6.07, 6.45) is 1.41. The molecule has 88 valence electrons. The van der Waals surface area contributed by atoms with E-state index < -0.39 is 0 Å². The quantitative estimate of drug-likeness (QED) is 0.858. The van der Waals surface area contributed by atoms with E-state index in [0.717, 1.165) is 5.56 Å². The van der Waals surface area contributed by atoms with Crippen LogP contribution in [0.5, 0.6) is 0 Å². The lowest BCUT2D eigenvalue weighted by Crippen LogP contribution is -2.02. The van der Waals surface area contributed by atoms with Crippen LogP contribution in [0.1, 0.15) is 5.56 Å². The Kier molecular flexibility index (Phi) is 4.20. The van der Waals surface area contributed by atoms with E-state index in [2.05, 4.69) is 31.2 Å². The molecule has 6 heteroatoms. The summed E-state index contributed by atoms with van der Waals surface area (Å²) >= 11 is 15.1. The summed E-state index contributed by atoms with van der Waals surface area (Å²) in [6, 6.07) is 7.62. The van der Waals surface area contributed by atoms with Crippen LogP contribution in [-0.2, 0) is 6.54 Å². The molecule has 0 radical (unpaired) electrons. The van der Waals surface area contributed by atoms with Crippen molar-refractivity contribution in [2.24, 2.45) is 0 Å². The summed E-state index contributed by atoms with van der Waals surface area (Å²) in [7, 11) is 0. The third kappa shape index (κ3) is 3.31. The van der Waals surface area contributed by atoms with Gasteiger partial charge in [0.25, 0.3) is 0 Å². The number of hydrogen-bond acceptors (Lipinski definition) is 3. The first kappa shape index (κ1) is 12.6. The Bertz CT molecular complexity index is 534. The molecule has 0 aliphatic heterocycles. The minimum atomic E-state index is 0.383. The van der Waals surface area contributed by atoms with Crippen molar-refractivity contribution in [3.05, 3.63) is 50.8 Å². The van der Waals surface area contributed by atoms with Crippen LogP contribution >= 0.6 is 39.1 Å². The van der Waals surface area contributed by atoms with Crippen molar-refractivity contribution in [1.82, 2.24) is 9.97 Å². The zero-order valence-corrected chi connectivity index (χ0v) is 11.7. The van der Waals surface area contributed by atoms with E-state index in [4.69, 9.17) is 23.2 Å². The maximum Gasteiger partial charge on any atom is 0.148 e. The van der Waals surface area contributed by atoms with Crippen molar-refractivity contribution < 1.29 is 0 Å². The normalized spacial score (nSPS) is 10.3. The summed E-state index contributed by atoms with van der Waals surface area (Å²) < 4.78 is 0.656. The van der Waals surface area contributed by atoms with Gasteiger partial charge in [-0.2, -0.15) is 0 Å². The molecule has 1 heterocycles. The van der Waals surface area contributed by atoms with Gasteiger partial charge in [0.2, 0.25) is 0 Å². The van der Waals surface area contributed by atoms with E-state index >= 15 is 0 Å². The van der Waals surface area contributed by atoms with E-state index in [0.29, 0.717) is 27.0 Å². The Balaban J connectivity index is 2.10. The lowest BCUT2D eigenvalue weighted by Gasteiger charge is -2.08. The van der Waals surface area contributed by atoms with Crippen LogP contribution in [-0.4, -0.2) is 9.97 Å². The van der Waals surface area contributed by atoms with Crippen LogP contribution in [0.15, 0.2) is 35.1 Å². The van der Waals surface area contributed by atoms with Gasteiger partial charge < -0.3 is 5.32 Å². The molecule has 0 bridgehead atoms. The lowest BCUT2D eigenvalue weighted by atomic mass is 10.2. The van der Waals surface area contributed by atoms with E-state index in [-0.39, 0.29) is 0 Å². The van der Waals surface area contributed by atoms with E-state index in [9.17, 15) is 0 Å². The van der Waals surface area contributed by atoms with Crippen LogP contribution in [0.2, 0.25) is 10.2 Å². The zero-order valence-electron chi connectivity index (χ0n) is 8.62. The van der Waals surface area contributed by atoms with Crippen molar-refractivity contribution in [1.29, 1.82) is 0 Å². The molecule has 0 saturated carbocycles. The second-order valence-electron chi connectivity index (χ2n) is 3.31. The van der Waals surface area contributed by atoms with Crippen LogP contribution < -0.4 is 5.32 Å². The maximum absolute atomic E-state index is 5.90. The second kappa shape index (κ2) is 5.67. The van der Waals surface area contributed by atoms with Crippen LogP contribution in [0.4, 0.5) is 5.82 Å². The van der Waals surface area contributed by atoms with Crippen molar-refractivity contribution >= 4 is 44.9 Å². The highest BCUT2D eigenvalue weighted by atomic mass is 79.9. The minimum absolute atomic E-state index is 0.383. The van der Waals surface area contributed by atoms with Crippen molar-refractivity contribution in [3.8, 4) is 0 Å². The number of anilines is 1. The Morgan fingerprint density at radius 3 is 2.82 bits per heavy atom. The topological polar surface area (TPSA) is 37.8 Å². The number of halogens is 3. The third-order valence-corrected chi connectivity index (χ3v) is 3.60. The van der Waals surface area contributed by atoms with Gasteiger partial charge in [0.05, 0.1) is 4.47 Å². The van der Waals surface area contributed by atoms with Crippen LogP contribution in [0.25, 0.3) is 0 Å². The molecule has 1 aromatic carbocycles. The molecule has 1 N–H and O–H groups in total. The molecule has 0 atom stereocenters. The Morgan fingerprint density at radius 2 is 2.06 bits per heavy atom. The van der Waals surface area contributed by atoms with Crippen molar-refractivity contribution in [3.63, 3.8) is 0 Å². The van der Waals surface area contributed by atoms with Gasteiger partial charge in [0.1, 0.15) is 17.3 Å². The maximum atomic E-state index is 5.90. The smallest absolute Gasteiger partial charge is 0.148 e. The molecule has 1 aromatic heterocycles. The summed E-state index contributed by atoms with van der Waals surface area (Å²) in [5.41, 5.74) is 1.07. The fourth-order valence-electron chi connectivity index (χ4n) is 1.30. The number of hydrogen-bond donors (Lipinski definition) is 1. The summed E-state index contributed by atoms with van der Waals surface area (Å²) in [6.45, 7) is 0.618. The molecule has 0 fully saturated rings. The Labute approximate surface area is 117 Å². The van der Waals surface area contributed by atoms with Gasteiger partial charge in [-0.3, -0.25) is 0 Å². The molecule has 0 saturated heterocycles. The first-order chi connectivity index (χ1) is 8.16. The van der Waals surface area contributed by atoms with Gasteiger partial charge >= 0.3 is 0 Å². The SMILES string of the molecule is Clc1cccc(CNc2ncnc(Cl)c2Br)c1. The zero-order chi connectivity index (χ0) is 12.3. The molecular formula is C11H8BrCl2N3. The van der Waals surface area contributed by atoms with Crippen LogP contribution in [0, 0.1) is 0 Å². The molecule has 17 heavy (non-hydrogen) atoms. The Hall–Kier alpha value is -0.840. The highest BCUT2D eigenvalue weighted by Crippen LogP contribution is 2.26. The van der Waals surface area contributed by atoms with Crippen molar-refractivity contribution in [2.45, 2.75) is 6.54 Å². The minimum Gasteiger partial charge on any atom is -0.365 e. The summed E-state index contributed by atoms with van der Waals surface area (Å²) in [4.78, 5) is 7.94. The molecule has 0 unspecified atom stereocenters. The fourth-order valence-corrected chi connectivity index (χ4v) is 2.00. The second-order valence-corrected chi connectivity index (χ2v) is 4.90. The molecule has 0 aliphatic rings. The average molecular weight is 333 g/mol. The van der Waals surface area contributed by atoms with Crippen molar-refractivity contribution in [2.75, 3.05) is 5.32 Å². The molecule has 3 nitrogen and oxygen atoms in total. The molecule has 2 aromatic rings. The number of nitrogens with one attached hydrogen (secondary N) is 1. The van der Waals surface area contributed by atoms with Gasteiger partial charge in [-0.15, -0.1) is 0 Å². The standard InChI is InChI=1S/C11H8BrCl2N3/c12-9-10(14)16-6-17-11(9)15-5-7-2-1-3-8(13)4-7/h1-4,6H,5H2,(H,15,16,17). The number of benzene rings is 1. The summed E-state index contributed by atoms with van der Waals surface area (Å²) in [5, 5.41) is 4.25. The molecule has 2 rings (SSSR count). The van der Waals surface area contributed by atoms with E-state index in [1.165, 1.54) is 6.33 Å². The third-order valence-electron chi connectivity index (χ3n) is 2.10. The number of rotatable bonds is 3. The van der Waals surface area contributed by atoms with E-state index in [1.807, 2.05) is 24.3 Å². The van der Waals surface area contributed by atoms with E-state index in [1.54, 1.807) is 0 Å². The first-order valence-corrected chi connectivity index (χ1v) is 6.36. The van der Waals surface area contributed by atoms with Gasteiger partial charge in [0.15, 0.2) is 0 Å². The molecule has 0 aliphatic carbocycles. The highest BCUT2D eigenvalue weighted by molar-refractivity contribution is 9.10. The molecule has 0 spiro atoms. The number of aromatic nitrogens is 2. The molecular weight excluding hydrogens is 325 g/mol. The average Bonchev–Trinajstić information content (AvgIpc) is 2.31. The monoisotopic (exact) mass is 331 g/mol. The predicted molar refractivity (Wildman–Crippen MR) is 73.5 cm³/mol. The fraction of sp³-hybridized carbons (Fsp3) is 0.0909. The Morgan fingerprint density at radius 1 is 1.24 bits per heavy atom. The molecule has 0 amide bonds.